The lowest BCUT2D eigenvalue weighted by Crippen LogP contribution is -2.52. The summed E-state index contributed by atoms with van der Waals surface area (Å²) >= 11 is 0. The third kappa shape index (κ3) is 3.94. The lowest BCUT2D eigenvalue weighted by molar-refractivity contribution is -0.240. The quantitative estimate of drug-likeness (QED) is 0.371. The van der Waals surface area contributed by atoms with Crippen LogP contribution in [0.25, 0.3) is 0 Å². The molecule has 0 spiro atoms. The van der Waals surface area contributed by atoms with Crippen LogP contribution in [0.1, 0.15) is 5.56 Å². The van der Waals surface area contributed by atoms with Crippen LogP contribution in [0.2, 0.25) is 0 Å². The number of hydrogen-bond donors (Lipinski definition) is 0. The predicted octanol–water partition coefficient (Wildman–Crippen LogP) is 2.68. The van der Waals surface area contributed by atoms with Crippen LogP contribution >= 0.6 is 0 Å². The average Bonchev–Trinajstić information content (AvgIpc) is 2.36. The van der Waals surface area contributed by atoms with E-state index in [4.69, 9.17) is 0 Å². The number of rotatable bonds is 4. The van der Waals surface area contributed by atoms with Gasteiger partial charge in [0.05, 0.1) is 7.11 Å². The van der Waals surface area contributed by atoms with Crippen LogP contribution in [-0.4, -0.2) is 36.5 Å². The summed E-state index contributed by atoms with van der Waals surface area (Å²) in [5.41, 5.74) is 0.332. The minimum Gasteiger partial charge on any atom is -0.467 e. The van der Waals surface area contributed by atoms with Crippen molar-refractivity contribution in [1.82, 2.24) is 4.90 Å². The van der Waals surface area contributed by atoms with Crippen molar-refractivity contribution < 1.29 is 31.9 Å². The summed E-state index contributed by atoms with van der Waals surface area (Å²) in [6.45, 7) is 0. The van der Waals surface area contributed by atoms with Crippen LogP contribution in [-0.2, 0) is 16.0 Å². The van der Waals surface area contributed by atoms with Gasteiger partial charge in [0.15, 0.2) is 0 Å². The van der Waals surface area contributed by atoms with Gasteiger partial charge in [-0.15, -0.1) is 17.6 Å². The zero-order valence-corrected chi connectivity index (χ0v) is 10.4. The molecule has 0 saturated carbocycles. The topological polar surface area (TPSA) is 46.6 Å². The third-order valence-corrected chi connectivity index (χ3v) is 2.52. The molecule has 0 N–H and O–H groups in total. The van der Waals surface area contributed by atoms with Crippen molar-refractivity contribution in [2.75, 3.05) is 7.11 Å². The Morgan fingerprint density at radius 1 is 1.25 bits per heavy atom. The Kier molecular flexibility index (Phi) is 5.06. The van der Waals surface area contributed by atoms with Crippen LogP contribution in [0.15, 0.2) is 30.3 Å². The van der Waals surface area contributed by atoms with Crippen molar-refractivity contribution in [3.8, 4) is 0 Å². The molecule has 1 amide bonds. The molecule has 0 aromatic heterocycles. The summed E-state index contributed by atoms with van der Waals surface area (Å²) < 4.78 is 54.9. The van der Waals surface area contributed by atoms with Gasteiger partial charge in [0, 0.05) is 6.42 Å². The summed E-state index contributed by atoms with van der Waals surface area (Å²) in [6, 6.07) is 5.50. The van der Waals surface area contributed by atoms with Crippen molar-refractivity contribution in [1.29, 1.82) is 0 Å². The standard InChI is InChI=1S/C12H11F4NO3/c1-20-10(18)9(7-8-5-3-2-4-6-8)17(11(13)19)12(14,15)16/h2-6,9H,7H2,1H3/t9-/m0/s1. The molecule has 0 fully saturated rings. The van der Waals surface area contributed by atoms with E-state index < -0.39 is 35.8 Å². The first-order chi connectivity index (χ1) is 9.27. The number of nitrogens with zero attached hydrogens (tertiary/aromatic N) is 1. The fourth-order valence-electron chi connectivity index (χ4n) is 1.65. The van der Waals surface area contributed by atoms with E-state index in [-0.39, 0.29) is 0 Å². The second kappa shape index (κ2) is 6.36. The average molecular weight is 293 g/mol. The number of halogens is 4. The fourth-order valence-corrected chi connectivity index (χ4v) is 1.65. The third-order valence-electron chi connectivity index (χ3n) is 2.52. The number of amides is 1. The smallest absolute Gasteiger partial charge is 0.467 e. The molecule has 0 aliphatic rings. The van der Waals surface area contributed by atoms with Crippen LogP contribution in [0, 0.1) is 0 Å². The number of carbonyl (C=O) groups is 2. The fraction of sp³-hybridized carbons (Fsp3) is 0.333. The molecule has 8 heteroatoms. The Morgan fingerprint density at radius 2 is 1.80 bits per heavy atom. The van der Waals surface area contributed by atoms with Gasteiger partial charge < -0.3 is 4.74 Å². The van der Waals surface area contributed by atoms with Crippen LogP contribution in [0.3, 0.4) is 0 Å². The monoisotopic (exact) mass is 293 g/mol. The number of hydrogen-bond acceptors (Lipinski definition) is 3. The van der Waals surface area contributed by atoms with Gasteiger partial charge in [-0.25, -0.2) is 14.5 Å². The molecular weight excluding hydrogens is 282 g/mol. The van der Waals surface area contributed by atoms with Gasteiger partial charge in [-0.1, -0.05) is 30.3 Å². The normalized spacial score (nSPS) is 12.7. The molecular formula is C12H11F4NO3. The Balaban J connectivity index is 3.11. The lowest BCUT2D eigenvalue weighted by atomic mass is 10.1. The summed E-state index contributed by atoms with van der Waals surface area (Å²) in [5, 5.41) is 0. The molecule has 20 heavy (non-hydrogen) atoms. The van der Waals surface area contributed by atoms with Crippen molar-refractivity contribution in [3.63, 3.8) is 0 Å². The maximum absolute atomic E-state index is 12.7. The van der Waals surface area contributed by atoms with E-state index in [1.165, 1.54) is 12.1 Å². The zero-order valence-electron chi connectivity index (χ0n) is 10.4. The second-order valence-electron chi connectivity index (χ2n) is 3.82. The van der Waals surface area contributed by atoms with E-state index in [1.54, 1.807) is 18.2 Å². The van der Waals surface area contributed by atoms with E-state index in [2.05, 4.69) is 4.74 Å². The van der Waals surface area contributed by atoms with Crippen LogP contribution in [0.4, 0.5) is 22.4 Å². The first kappa shape index (κ1) is 15.9. The number of methoxy groups -OCH3 is 1. The van der Waals surface area contributed by atoms with Crippen molar-refractivity contribution in [2.24, 2.45) is 0 Å². The van der Waals surface area contributed by atoms with Gasteiger partial charge in [-0.05, 0) is 5.56 Å². The Labute approximate surface area is 111 Å². The first-order valence-corrected chi connectivity index (χ1v) is 5.44. The molecule has 0 saturated heterocycles. The SMILES string of the molecule is COC(=O)[C@H](Cc1ccccc1)N(C(=O)F)C(F)(F)F. The number of carbonyl (C=O) groups excluding carboxylic acids is 2. The Hall–Kier alpha value is -2.12. The molecule has 1 aromatic carbocycles. The summed E-state index contributed by atoms with van der Waals surface area (Å²) in [6.07, 6.45) is -8.59. The van der Waals surface area contributed by atoms with E-state index in [0.717, 1.165) is 7.11 Å². The minimum atomic E-state index is -5.32. The maximum Gasteiger partial charge on any atom is 0.489 e. The molecule has 0 aliphatic heterocycles. The lowest BCUT2D eigenvalue weighted by Gasteiger charge is -2.28. The molecule has 0 heterocycles. The van der Waals surface area contributed by atoms with E-state index in [1.807, 2.05) is 0 Å². The molecule has 1 atom stereocenters. The number of alkyl halides is 3. The highest BCUT2D eigenvalue weighted by molar-refractivity contribution is 5.81. The molecule has 0 aliphatic carbocycles. The highest BCUT2D eigenvalue weighted by Gasteiger charge is 2.49. The minimum absolute atomic E-state index is 0.332. The van der Waals surface area contributed by atoms with E-state index >= 15 is 0 Å². The van der Waals surface area contributed by atoms with Crippen molar-refractivity contribution in [3.05, 3.63) is 35.9 Å². The molecule has 1 rings (SSSR count). The number of ether oxygens (including phenoxy) is 1. The van der Waals surface area contributed by atoms with Gasteiger partial charge in [0.1, 0.15) is 6.04 Å². The largest absolute Gasteiger partial charge is 0.489 e. The highest BCUT2D eigenvalue weighted by Crippen LogP contribution is 2.27. The van der Waals surface area contributed by atoms with Crippen molar-refractivity contribution >= 4 is 12.1 Å². The number of benzene rings is 1. The van der Waals surface area contributed by atoms with Crippen molar-refractivity contribution in [2.45, 2.75) is 18.8 Å². The molecule has 1 aromatic rings. The van der Waals surface area contributed by atoms with E-state index in [9.17, 15) is 27.2 Å². The van der Waals surface area contributed by atoms with Gasteiger partial charge in [-0.3, -0.25) is 0 Å². The molecule has 0 bridgehead atoms. The van der Waals surface area contributed by atoms with Crippen LogP contribution in [0.5, 0.6) is 0 Å². The summed E-state index contributed by atoms with van der Waals surface area (Å²) in [5.74, 6) is -1.35. The van der Waals surface area contributed by atoms with Gasteiger partial charge in [0.25, 0.3) is 0 Å². The molecule has 0 unspecified atom stereocenters. The molecule has 0 radical (unpaired) electrons. The summed E-state index contributed by atoms with van der Waals surface area (Å²) in [4.78, 5) is 20.9. The van der Waals surface area contributed by atoms with E-state index in [0.29, 0.717) is 5.56 Å². The van der Waals surface area contributed by atoms with Crippen LogP contribution < -0.4 is 0 Å². The molecule has 110 valence electrons. The maximum atomic E-state index is 12.7. The Morgan fingerprint density at radius 3 is 2.20 bits per heavy atom. The van der Waals surface area contributed by atoms with Gasteiger partial charge in [0.2, 0.25) is 0 Å². The van der Waals surface area contributed by atoms with Gasteiger partial charge in [-0.2, -0.15) is 0 Å². The first-order valence-electron chi connectivity index (χ1n) is 5.44. The Bertz CT molecular complexity index is 475. The van der Waals surface area contributed by atoms with Gasteiger partial charge >= 0.3 is 18.4 Å². The molecule has 4 nitrogen and oxygen atoms in total. The second-order valence-corrected chi connectivity index (χ2v) is 3.82. The predicted molar refractivity (Wildman–Crippen MR) is 60.3 cm³/mol. The summed E-state index contributed by atoms with van der Waals surface area (Å²) in [7, 11) is 0.859. The number of esters is 1. The zero-order chi connectivity index (χ0) is 15.3. The highest BCUT2D eigenvalue weighted by atomic mass is 19.4.